The van der Waals surface area contributed by atoms with Crippen molar-refractivity contribution in [3.8, 4) is 0 Å². The summed E-state index contributed by atoms with van der Waals surface area (Å²) >= 11 is 0. The molecule has 0 aromatic heterocycles. The summed E-state index contributed by atoms with van der Waals surface area (Å²) in [4.78, 5) is 54.4. The van der Waals surface area contributed by atoms with Gasteiger partial charge in [0.2, 0.25) is 11.8 Å². The van der Waals surface area contributed by atoms with Crippen LogP contribution in [0.1, 0.15) is 219 Å². The predicted molar refractivity (Wildman–Crippen MR) is 227 cm³/mol. The SMILES string of the molecule is CCCCCCCCCCCCCCCC(=O)OCCN(CCOC(=O)CCCCCCCCCCCCCCC)C(=O)CCC(=O)NCCN1CCCC1. The van der Waals surface area contributed by atoms with E-state index in [2.05, 4.69) is 24.1 Å². The van der Waals surface area contributed by atoms with Gasteiger partial charge in [-0.05, 0) is 38.8 Å². The highest BCUT2D eigenvalue weighted by molar-refractivity contribution is 5.83. The van der Waals surface area contributed by atoms with E-state index in [1.54, 1.807) is 4.90 Å². The Morgan fingerprint density at radius 3 is 1.24 bits per heavy atom. The van der Waals surface area contributed by atoms with Gasteiger partial charge in [-0.1, -0.05) is 168 Å². The van der Waals surface area contributed by atoms with Gasteiger partial charge in [0.15, 0.2) is 0 Å². The molecule has 0 unspecified atom stereocenters. The highest BCUT2D eigenvalue weighted by atomic mass is 16.5. The van der Waals surface area contributed by atoms with E-state index in [-0.39, 0.29) is 62.9 Å². The molecule has 1 aliphatic rings. The number of nitrogens with zero attached hydrogens (tertiary/aromatic N) is 2. The van der Waals surface area contributed by atoms with Crippen LogP contribution in [-0.4, -0.2) is 86.0 Å². The number of hydrogen-bond donors (Lipinski definition) is 1. The molecule has 9 heteroatoms. The standard InChI is InChI=1S/C46H87N3O6/c1-3-5-7-9-11-13-15-17-19-21-23-25-27-31-45(52)54-41-39-49(44(51)34-33-43(50)47-35-38-48-36-29-30-37-48)40-42-55-46(53)32-28-26-24-22-20-18-16-14-12-10-8-6-4-2/h3-42H2,1-2H3,(H,47,50). The Morgan fingerprint density at radius 2 is 0.855 bits per heavy atom. The summed E-state index contributed by atoms with van der Waals surface area (Å²) in [5.74, 6) is -0.815. The first-order valence-electron chi connectivity index (χ1n) is 23.5. The smallest absolute Gasteiger partial charge is 0.305 e. The number of nitrogens with one attached hydrogen (secondary N) is 1. The van der Waals surface area contributed by atoms with Gasteiger partial charge >= 0.3 is 11.9 Å². The molecule has 0 aromatic rings. The quantitative estimate of drug-likeness (QED) is 0.0488. The van der Waals surface area contributed by atoms with Crippen LogP contribution in [0, 0.1) is 0 Å². The summed E-state index contributed by atoms with van der Waals surface area (Å²) in [6, 6.07) is 0. The minimum Gasteiger partial charge on any atom is -0.464 e. The molecule has 0 bridgehead atoms. The van der Waals surface area contributed by atoms with E-state index in [0.29, 0.717) is 19.4 Å². The minimum atomic E-state index is -0.239. The van der Waals surface area contributed by atoms with Crippen molar-refractivity contribution in [1.29, 1.82) is 0 Å². The van der Waals surface area contributed by atoms with Crippen molar-refractivity contribution in [2.75, 3.05) is 52.5 Å². The molecule has 1 fully saturated rings. The van der Waals surface area contributed by atoms with Crippen molar-refractivity contribution in [1.82, 2.24) is 15.1 Å². The highest BCUT2D eigenvalue weighted by Crippen LogP contribution is 2.15. The Labute approximate surface area is 338 Å². The van der Waals surface area contributed by atoms with Gasteiger partial charge in [0, 0.05) is 38.8 Å². The molecular weight excluding hydrogens is 691 g/mol. The number of hydrogen-bond acceptors (Lipinski definition) is 7. The minimum absolute atomic E-state index is 0.0648. The lowest BCUT2D eigenvalue weighted by Gasteiger charge is -2.22. The first-order chi connectivity index (χ1) is 27.0. The van der Waals surface area contributed by atoms with Gasteiger partial charge in [-0.2, -0.15) is 0 Å². The van der Waals surface area contributed by atoms with E-state index >= 15 is 0 Å². The monoisotopic (exact) mass is 778 g/mol. The normalized spacial score (nSPS) is 12.9. The average molecular weight is 778 g/mol. The number of likely N-dealkylation sites (tertiary alicyclic amines) is 1. The Kier molecular flexibility index (Phi) is 35.8. The maximum absolute atomic E-state index is 13.2. The van der Waals surface area contributed by atoms with E-state index in [1.807, 2.05) is 0 Å². The average Bonchev–Trinajstić information content (AvgIpc) is 3.70. The molecule has 1 saturated heterocycles. The van der Waals surface area contributed by atoms with Crippen molar-refractivity contribution in [2.45, 2.75) is 219 Å². The van der Waals surface area contributed by atoms with Crippen LogP contribution >= 0.6 is 0 Å². The maximum Gasteiger partial charge on any atom is 0.305 e. The molecule has 0 aliphatic carbocycles. The molecule has 1 N–H and O–H groups in total. The predicted octanol–water partition coefficient (Wildman–Crippen LogP) is 10.9. The number of amides is 2. The molecule has 9 nitrogen and oxygen atoms in total. The Bertz CT molecular complexity index is 877. The second-order valence-electron chi connectivity index (χ2n) is 16.2. The zero-order valence-corrected chi connectivity index (χ0v) is 36.1. The summed E-state index contributed by atoms with van der Waals surface area (Å²) < 4.78 is 11.0. The zero-order valence-electron chi connectivity index (χ0n) is 36.1. The molecule has 1 aliphatic heterocycles. The number of carbonyl (C=O) groups is 4. The Balaban J connectivity index is 2.26. The van der Waals surface area contributed by atoms with Crippen molar-refractivity contribution < 1.29 is 28.7 Å². The van der Waals surface area contributed by atoms with Gasteiger partial charge < -0.3 is 24.6 Å². The van der Waals surface area contributed by atoms with E-state index in [1.165, 1.54) is 141 Å². The highest BCUT2D eigenvalue weighted by Gasteiger charge is 2.17. The van der Waals surface area contributed by atoms with Crippen LogP contribution in [0.4, 0.5) is 0 Å². The second-order valence-corrected chi connectivity index (χ2v) is 16.2. The van der Waals surface area contributed by atoms with E-state index in [4.69, 9.17) is 9.47 Å². The van der Waals surface area contributed by atoms with Crippen LogP contribution in [0.3, 0.4) is 0 Å². The summed E-state index contributed by atoms with van der Waals surface area (Å²) in [6.45, 7) is 8.73. The van der Waals surface area contributed by atoms with Crippen LogP contribution in [-0.2, 0) is 28.7 Å². The van der Waals surface area contributed by atoms with Gasteiger partial charge in [-0.3, -0.25) is 19.2 Å². The third kappa shape index (κ3) is 33.7. The van der Waals surface area contributed by atoms with Crippen LogP contribution < -0.4 is 5.32 Å². The maximum atomic E-state index is 13.2. The van der Waals surface area contributed by atoms with Crippen LogP contribution in [0.25, 0.3) is 0 Å². The molecular formula is C46H87N3O6. The molecule has 2 amide bonds. The topological polar surface area (TPSA) is 105 Å². The van der Waals surface area contributed by atoms with E-state index in [9.17, 15) is 19.2 Å². The molecule has 322 valence electrons. The fraction of sp³-hybridized carbons (Fsp3) is 0.913. The summed E-state index contributed by atoms with van der Waals surface area (Å²) in [7, 11) is 0. The van der Waals surface area contributed by atoms with Gasteiger partial charge in [0.1, 0.15) is 13.2 Å². The van der Waals surface area contributed by atoms with E-state index < -0.39 is 0 Å². The third-order valence-electron chi connectivity index (χ3n) is 11.1. The fourth-order valence-corrected chi connectivity index (χ4v) is 7.45. The van der Waals surface area contributed by atoms with Crippen LogP contribution in [0.15, 0.2) is 0 Å². The number of carbonyl (C=O) groups excluding carboxylic acids is 4. The molecule has 0 saturated carbocycles. The van der Waals surface area contributed by atoms with Crippen LogP contribution in [0.2, 0.25) is 0 Å². The van der Waals surface area contributed by atoms with Gasteiger partial charge in [0.25, 0.3) is 0 Å². The molecule has 0 atom stereocenters. The van der Waals surface area contributed by atoms with Gasteiger partial charge in [-0.25, -0.2) is 0 Å². The first kappa shape index (κ1) is 50.9. The van der Waals surface area contributed by atoms with Crippen molar-refractivity contribution in [3.05, 3.63) is 0 Å². The molecule has 0 aromatic carbocycles. The lowest BCUT2D eigenvalue weighted by molar-refractivity contribution is -0.147. The largest absolute Gasteiger partial charge is 0.464 e. The van der Waals surface area contributed by atoms with Crippen molar-refractivity contribution in [3.63, 3.8) is 0 Å². The Morgan fingerprint density at radius 1 is 0.491 bits per heavy atom. The van der Waals surface area contributed by atoms with Crippen molar-refractivity contribution in [2.24, 2.45) is 0 Å². The molecule has 1 heterocycles. The fourth-order valence-electron chi connectivity index (χ4n) is 7.45. The first-order valence-corrected chi connectivity index (χ1v) is 23.5. The lowest BCUT2D eigenvalue weighted by atomic mass is 10.0. The number of unbranched alkanes of at least 4 members (excludes halogenated alkanes) is 24. The van der Waals surface area contributed by atoms with Gasteiger partial charge in [-0.15, -0.1) is 0 Å². The van der Waals surface area contributed by atoms with Crippen LogP contribution in [0.5, 0.6) is 0 Å². The summed E-state index contributed by atoms with van der Waals surface area (Å²) in [5, 5.41) is 2.93. The summed E-state index contributed by atoms with van der Waals surface area (Å²) in [6.07, 6.45) is 36.0. The van der Waals surface area contributed by atoms with Crippen molar-refractivity contribution >= 4 is 23.8 Å². The molecule has 1 rings (SSSR count). The number of ether oxygens (including phenoxy) is 2. The second kappa shape index (κ2) is 38.7. The molecule has 0 radical (unpaired) electrons. The molecule has 55 heavy (non-hydrogen) atoms. The summed E-state index contributed by atoms with van der Waals surface area (Å²) in [5.41, 5.74) is 0. The Hall–Kier alpha value is -2.16. The molecule has 0 spiro atoms. The zero-order chi connectivity index (χ0) is 39.9. The van der Waals surface area contributed by atoms with E-state index in [0.717, 1.165) is 58.2 Å². The third-order valence-corrected chi connectivity index (χ3v) is 11.1. The van der Waals surface area contributed by atoms with Gasteiger partial charge in [0.05, 0.1) is 13.1 Å². The lowest BCUT2D eigenvalue weighted by Crippen LogP contribution is -2.38. The number of esters is 2. The number of rotatable bonds is 40.